The number of imidazole rings is 1. The summed E-state index contributed by atoms with van der Waals surface area (Å²) in [7, 11) is 0. The topological polar surface area (TPSA) is 113 Å². The highest BCUT2D eigenvalue weighted by molar-refractivity contribution is 6.34. The zero-order valence-corrected chi connectivity index (χ0v) is 18.7. The molecule has 1 saturated heterocycles. The van der Waals surface area contributed by atoms with Crippen molar-refractivity contribution in [2.24, 2.45) is 0 Å². The molecular formula is C24H20ClN5O4. The van der Waals surface area contributed by atoms with Crippen LogP contribution in [0.15, 0.2) is 60.7 Å². The van der Waals surface area contributed by atoms with E-state index in [1.165, 1.54) is 12.1 Å². The molecule has 0 spiro atoms. The van der Waals surface area contributed by atoms with Crippen molar-refractivity contribution in [3.05, 3.63) is 81.4 Å². The van der Waals surface area contributed by atoms with Crippen LogP contribution >= 0.6 is 11.6 Å². The first-order valence-electron chi connectivity index (χ1n) is 10.7. The summed E-state index contributed by atoms with van der Waals surface area (Å²) in [6.45, 7) is 2.20. The molecule has 0 unspecified atom stereocenters. The Kier molecular flexibility index (Phi) is 5.87. The average molecular weight is 478 g/mol. The van der Waals surface area contributed by atoms with Crippen molar-refractivity contribution in [3.8, 4) is 11.4 Å². The summed E-state index contributed by atoms with van der Waals surface area (Å²) >= 11 is 6.38. The second-order valence-corrected chi connectivity index (χ2v) is 8.22. The number of nitrogens with zero attached hydrogens (tertiary/aromatic N) is 3. The van der Waals surface area contributed by atoms with Gasteiger partial charge >= 0.3 is 0 Å². The summed E-state index contributed by atoms with van der Waals surface area (Å²) in [5.41, 5.74) is 3.48. The van der Waals surface area contributed by atoms with Gasteiger partial charge in [0.2, 0.25) is 0 Å². The fourth-order valence-corrected chi connectivity index (χ4v) is 4.11. The number of nitro groups is 1. The fourth-order valence-electron chi connectivity index (χ4n) is 3.95. The fraction of sp³-hybridized carbons (Fsp3) is 0.167. The summed E-state index contributed by atoms with van der Waals surface area (Å²) in [5.74, 6) is 0.145. The number of H-pyrrole nitrogens is 1. The van der Waals surface area contributed by atoms with Crippen molar-refractivity contribution >= 4 is 45.6 Å². The van der Waals surface area contributed by atoms with E-state index in [0.717, 1.165) is 16.6 Å². The predicted octanol–water partition coefficient (Wildman–Crippen LogP) is 4.88. The van der Waals surface area contributed by atoms with Crippen molar-refractivity contribution in [2.75, 3.05) is 36.5 Å². The summed E-state index contributed by atoms with van der Waals surface area (Å²) in [6, 6.07) is 17.2. The smallest absolute Gasteiger partial charge is 0.270 e. The Morgan fingerprint density at radius 2 is 1.91 bits per heavy atom. The standard InChI is InChI=1S/C24H20ClN5O4/c25-18-7-5-15(23-26-19-3-1-2-4-20(19)27-23)13-21(18)28-24(31)17-14-16(30(32)33)6-8-22(17)29-9-11-34-12-10-29/h1-8,13-14H,9-12H2,(H,26,27)(H,28,31). The quantitative estimate of drug-likeness (QED) is 0.313. The molecule has 0 saturated carbocycles. The molecule has 0 bridgehead atoms. The van der Waals surface area contributed by atoms with Gasteiger partial charge in [0.15, 0.2) is 0 Å². The number of ether oxygens (including phenoxy) is 1. The van der Waals surface area contributed by atoms with Crippen molar-refractivity contribution < 1.29 is 14.5 Å². The third-order valence-electron chi connectivity index (χ3n) is 5.66. The highest BCUT2D eigenvalue weighted by Crippen LogP contribution is 2.31. The second kappa shape index (κ2) is 9.12. The largest absolute Gasteiger partial charge is 0.378 e. The van der Waals surface area contributed by atoms with Gasteiger partial charge in [-0.2, -0.15) is 0 Å². The molecule has 1 aliphatic rings. The molecule has 10 heteroatoms. The highest BCUT2D eigenvalue weighted by Gasteiger charge is 2.23. The first kappa shape index (κ1) is 21.9. The number of para-hydroxylation sites is 2. The van der Waals surface area contributed by atoms with E-state index in [9.17, 15) is 14.9 Å². The number of benzene rings is 3. The minimum absolute atomic E-state index is 0.163. The van der Waals surface area contributed by atoms with E-state index in [4.69, 9.17) is 16.3 Å². The number of nitrogens with one attached hydrogen (secondary N) is 2. The Bertz CT molecular complexity index is 1360. The second-order valence-electron chi connectivity index (χ2n) is 7.81. The Labute approximate surface area is 199 Å². The molecule has 1 amide bonds. The molecule has 3 aromatic carbocycles. The number of amides is 1. The van der Waals surface area contributed by atoms with Gasteiger partial charge in [0.1, 0.15) is 5.82 Å². The number of hydrogen-bond acceptors (Lipinski definition) is 6. The number of anilines is 2. The third kappa shape index (κ3) is 4.30. The number of hydrogen-bond donors (Lipinski definition) is 2. The van der Waals surface area contributed by atoms with Crippen LogP contribution < -0.4 is 10.2 Å². The maximum Gasteiger partial charge on any atom is 0.270 e. The highest BCUT2D eigenvalue weighted by atomic mass is 35.5. The Morgan fingerprint density at radius 3 is 2.68 bits per heavy atom. The van der Waals surface area contributed by atoms with Crippen molar-refractivity contribution in [1.29, 1.82) is 0 Å². The molecule has 9 nitrogen and oxygen atoms in total. The van der Waals surface area contributed by atoms with Crippen molar-refractivity contribution in [1.82, 2.24) is 9.97 Å². The number of carbonyl (C=O) groups excluding carboxylic acids is 1. The number of non-ortho nitro benzene ring substituents is 1. The molecule has 172 valence electrons. The van der Waals surface area contributed by atoms with Crippen LogP contribution in [-0.4, -0.2) is 47.1 Å². The van der Waals surface area contributed by atoms with E-state index in [-0.39, 0.29) is 11.3 Å². The molecule has 34 heavy (non-hydrogen) atoms. The summed E-state index contributed by atoms with van der Waals surface area (Å²) < 4.78 is 5.40. The first-order valence-corrected chi connectivity index (χ1v) is 11.0. The summed E-state index contributed by atoms with van der Waals surface area (Å²) in [4.78, 5) is 34.0. The Hall–Kier alpha value is -3.95. The number of rotatable bonds is 5. The van der Waals surface area contributed by atoms with E-state index in [2.05, 4.69) is 15.3 Å². The molecule has 5 rings (SSSR count). The maximum absolute atomic E-state index is 13.3. The van der Waals surface area contributed by atoms with Gasteiger partial charge in [0.05, 0.1) is 51.1 Å². The van der Waals surface area contributed by atoms with Crippen LogP contribution in [0.1, 0.15) is 10.4 Å². The van der Waals surface area contributed by atoms with E-state index in [0.29, 0.717) is 48.5 Å². The molecule has 2 heterocycles. The van der Waals surface area contributed by atoms with Gasteiger partial charge in [0, 0.05) is 30.8 Å². The number of halogens is 1. The van der Waals surface area contributed by atoms with Gasteiger partial charge in [-0.15, -0.1) is 0 Å². The van der Waals surface area contributed by atoms with E-state index in [1.54, 1.807) is 18.2 Å². The molecular weight excluding hydrogens is 458 g/mol. The lowest BCUT2D eigenvalue weighted by atomic mass is 10.1. The van der Waals surface area contributed by atoms with Crippen LogP contribution in [0.3, 0.4) is 0 Å². The van der Waals surface area contributed by atoms with Crippen LogP contribution in [0, 0.1) is 10.1 Å². The van der Waals surface area contributed by atoms with Gasteiger partial charge in [-0.25, -0.2) is 4.98 Å². The van der Waals surface area contributed by atoms with Gasteiger partial charge in [-0.1, -0.05) is 23.7 Å². The molecule has 0 radical (unpaired) electrons. The van der Waals surface area contributed by atoms with E-state index < -0.39 is 10.8 Å². The average Bonchev–Trinajstić information content (AvgIpc) is 3.30. The number of fused-ring (bicyclic) bond motifs is 1. The SMILES string of the molecule is O=C(Nc1cc(-c2nc3ccccc3[nH]2)ccc1Cl)c1cc([N+](=O)[O-])ccc1N1CCOCC1. The number of carbonyl (C=O) groups is 1. The Morgan fingerprint density at radius 1 is 1.12 bits per heavy atom. The van der Waals surface area contributed by atoms with E-state index >= 15 is 0 Å². The van der Waals surface area contributed by atoms with Gasteiger partial charge in [-0.05, 0) is 36.4 Å². The van der Waals surface area contributed by atoms with Crippen LogP contribution in [0.2, 0.25) is 5.02 Å². The zero-order valence-electron chi connectivity index (χ0n) is 18.0. The lowest BCUT2D eigenvalue weighted by Crippen LogP contribution is -2.37. The lowest BCUT2D eigenvalue weighted by molar-refractivity contribution is -0.384. The lowest BCUT2D eigenvalue weighted by Gasteiger charge is -2.30. The van der Waals surface area contributed by atoms with E-state index in [1.807, 2.05) is 35.2 Å². The first-order chi connectivity index (χ1) is 16.5. The molecule has 4 aromatic rings. The molecule has 0 atom stereocenters. The number of nitro benzene ring substituents is 1. The predicted molar refractivity (Wildman–Crippen MR) is 131 cm³/mol. The van der Waals surface area contributed by atoms with Crippen LogP contribution in [0.25, 0.3) is 22.4 Å². The van der Waals surface area contributed by atoms with Crippen LogP contribution in [0.4, 0.5) is 17.1 Å². The zero-order chi connectivity index (χ0) is 23.7. The van der Waals surface area contributed by atoms with Gasteiger partial charge < -0.3 is 19.9 Å². The monoisotopic (exact) mass is 477 g/mol. The number of aromatic nitrogens is 2. The number of morpholine rings is 1. The minimum atomic E-state index is -0.519. The van der Waals surface area contributed by atoms with Crippen molar-refractivity contribution in [2.45, 2.75) is 0 Å². The normalized spacial score (nSPS) is 13.7. The van der Waals surface area contributed by atoms with Gasteiger partial charge in [0.25, 0.3) is 11.6 Å². The van der Waals surface area contributed by atoms with Crippen LogP contribution in [-0.2, 0) is 4.74 Å². The molecule has 2 N–H and O–H groups in total. The molecule has 1 aliphatic heterocycles. The Balaban J connectivity index is 1.48. The molecule has 0 aliphatic carbocycles. The van der Waals surface area contributed by atoms with Crippen LogP contribution in [0.5, 0.6) is 0 Å². The van der Waals surface area contributed by atoms with Crippen molar-refractivity contribution in [3.63, 3.8) is 0 Å². The van der Waals surface area contributed by atoms with Gasteiger partial charge in [-0.3, -0.25) is 14.9 Å². The maximum atomic E-state index is 13.3. The molecule has 1 aromatic heterocycles. The minimum Gasteiger partial charge on any atom is -0.378 e. The third-order valence-corrected chi connectivity index (χ3v) is 5.99. The summed E-state index contributed by atoms with van der Waals surface area (Å²) in [5, 5.41) is 14.5. The number of aromatic amines is 1. The summed E-state index contributed by atoms with van der Waals surface area (Å²) in [6.07, 6.45) is 0. The molecule has 1 fully saturated rings.